The van der Waals surface area contributed by atoms with Crippen LogP contribution in [0.5, 0.6) is 0 Å². The molecular formula is C15H17N5O2. The number of hydrogen-bond donors (Lipinski definition) is 2. The maximum absolute atomic E-state index is 11.8. The fourth-order valence-corrected chi connectivity index (χ4v) is 1.77. The zero-order valence-electron chi connectivity index (χ0n) is 12.4. The van der Waals surface area contributed by atoms with Gasteiger partial charge in [0.05, 0.1) is 11.3 Å². The molecule has 0 radical (unpaired) electrons. The topological polar surface area (TPSA) is 106 Å². The molecule has 0 atom stereocenters. The number of aryl methyl sites for hydroxylation is 2. The molecule has 2 aromatic rings. The van der Waals surface area contributed by atoms with Gasteiger partial charge >= 0.3 is 0 Å². The number of pyridine rings is 1. The Hall–Kier alpha value is -2.96. The average Bonchev–Trinajstić information content (AvgIpc) is 2.83. The Bertz CT molecular complexity index is 684. The van der Waals surface area contributed by atoms with Crippen molar-refractivity contribution in [3.63, 3.8) is 0 Å². The molecule has 114 valence electrons. The molecule has 2 aromatic heterocycles. The molecule has 0 fully saturated rings. The van der Waals surface area contributed by atoms with Crippen LogP contribution in [0.4, 0.5) is 0 Å². The van der Waals surface area contributed by atoms with E-state index < -0.39 is 5.91 Å². The van der Waals surface area contributed by atoms with Crippen molar-refractivity contribution < 1.29 is 9.32 Å². The molecule has 3 N–H and O–H groups in total. The molecule has 2 rings (SSSR count). The van der Waals surface area contributed by atoms with Crippen molar-refractivity contribution in [3.05, 3.63) is 59.4 Å². The minimum absolute atomic E-state index is 0.111. The van der Waals surface area contributed by atoms with Crippen molar-refractivity contribution in [1.82, 2.24) is 15.5 Å². The summed E-state index contributed by atoms with van der Waals surface area (Å²) >= 11 is 0. The van der Waals surface area contributed by atoms with Gasteiger partial charge in [0.15, 0.2) is 0 Å². The fraction of sp³-hybridized carbons (Fsp3) is 0.200. The molecule has 1 amide bonds. The van der Waals surface area contributed by atoms with Gasteiger partial charge in [-0.3, -0.25) is 9.78 Å². The average molecular weight is 299 g/mol. The lowest BCUT2D eigenvalue weighted by Crippen LogP contribution is -2.14. The third-order valence-corrected chi connectivity index (χ3v) is 2.97. The third kappa shape index (κ3) is 4.02. The molecule has 7 nitrogen and oxygen atoms in total. The highest BCUT2D eigenvalue weighted by Crippen LogP contribution is 2.11. The molecule has 0 aliphatic rings. The molecule has 22 heavy (non-hydrogen) atoms. The van der Waals surface area contributed by atoms with Gasteiger partial charge in [-0.05, 0) is 32.1 Å². The second kappa shape index (κ2) is 7.16. The minimum atomic E-state index is -0.430. The van der Waals surface area contributed by atoms with Gasteiger partial charge in [-0.1, -0.05) is 5.16 Å². The Morgan fingerprint density at radius 3 is 2.95 bits per heavy atom. The summed E-state index contributed by atoms with van der Waals surface area (Å²) in [6.07, 6.45) is 6.18. The molecule has 0 aliphatic heterocycles. The standard InChI is InChI=1S/C15H17N5O2/c1-10-13(11(2)22-20-10)9-18-7-5-14(16)19-15(21)12-4-3-6-17-8-12/h3-8,18H,9H2,1-2H3,(H2,16,19,21)/b7-5-. The summed E-state index contributed by atoms with van der Waals surface area (Å²) in [5.74, 6) is 0.452. The van der Waals surface area contributed by atoms with Crippen LogP contribution in [0.3, 0.4) is 0 Å². The normalized spacial score (nSPS) is 11.8. The molecule has 0 aliphatic carbocycles. The second-order valence-corrected chi connectivity index (χ2v) is 4.60. The molecule has 7 heteroatoms. The van der Waals surface area contributed by atoms with E-state index >= 15 is 0 Å². The van der Waals surface area contributed by atoms with Gasteiger partial charge in [-0.2, -0.15) is 4.99 Å². The van der Waals surface area contributed by atoms with E-state index in [9.17, 15) is 4.79 Å². The van der Waals surface area contributed by atoms with E-state index in [1.807, 2.05) is 13.8 Å². The SMILES string of the molecule is Cc1noc(C)c1CN/C=C\C(N)=NC(=O)c1cccnc1. The van der Waals surface area contributed by atoms with Crippen LogP contribution in [0, 0.1) is 13.8 Å². The molecule has 0 saturated heterocycles. The Morgan fingerprint density at radius 1 is 1.50 bits per heavy atom. The second-order valence-electron chi connectivity index (χ2n) is 4.60. The van der Waals surface area contributed by atoms with Gasteiger partial charge in [0.25, 0.3) is 5.91 Å². The number of carbonyl (C=O) groups is 1. The number of nitrogens with one attached hydrogen (secondary N) is 1. The molecule has 2 heterocycles. The number of rotatable bonds is 5. The Kier molecular flexibility index (Phi) is 5.02. The van der Waals surface area contributed by atoms with Crippen LogP contribution >= 0.6 is 0 Å². The summed E-state index contributed by atoms with van der Waals surface area (Å²) in [6.45, 7) is 4.28. The highest BCUT2D eigenvalue weighted by molar-refractivity contribution is 6.06. The quantitative estimate of drug-likeness (QED) is 0.640. The lowest BCUT2D eigenvalue weighted by molar-refractivity contribution is 0.100. The van der Waals surface area contributed by atoms with E-state index in [2.05, 4.69) is 20.4 Å². The summed E-state index contributed by atoms with van der Waals surface area (Å²) < 4.78 is 5.06. The van der Waals surface area contributed by atoms with Crippen LogP contribution < -0.4 is 11.1 Å². The number of amidine groups is 1. The number of nitrogens with zero attached hydrogens (tertiary/aromatic N) is 3. The van der Waals surface area contributed by atoms with Gasteiger partial charge < -0.3 is 15.6 Å². The summed E-state index contributed by atoms with van der Waals surface area (Å²) in [7, 11) is 0. The summed E-state index contributed by atoms with van der Waals surface area (Å²) in [5.41, 5.74) is 7.91. The van der Waals surface area contributed by atoms with E-state index in [4.69, 9.17) is 10.3 Å². The summed E-state index contributed by atoms with van der Waals surface area (Å²) in [4.78, 5) is 19.4. The maximum Gasteiger partial charge on any atom is 0.280 e. The van der Waals surface area contributed by atoms with Crippen molar-refractivity contribution in [1.29, 1.82) is 0 Å². The Morgan fingerprint density at radius 2 is 2.32 bits per heavy atom. The Labute approximate surface area is 127 Å². The van der Waals surface area contributed by atoms with Crippen LogP contribution in [0.1, 0.15) is 27.4 Å². The molecule has 0 spiro atoms. The van der Waals surface area contributed by atoms with Crippen LogP contribution in [0.2, 0.25) is 0 Å². The first-order chi connectivity index (χ1) is 10.6. The van der Waals surface area contributed by atoms with E-state index in [1.54, 1.807) is 24.5 Å². The van der Waals surface area contributed by atoms with E-state index in [0.29, 0.717) is 12.1 Å². The van der Waals surface area contributed by atoms with E-state index in [-0.39, 0.29) is 5.84 Å². The van der Waals surface area contributed by atoms with Gasteiger partial charge in [0.1, 0.15) is 11.6 Å². The zero-order chi connectivity index (χ0) is 15.9. The van der Waals surface area contributed by atoms with Gasteiger partial charge in [-0.15, -0.1) is 0 Å². The van der Waals surface area contributed by atoms with Crippen molar-refractivity contribution >= 4 is 11.7 Å². The third-order valence-electron chi connectivity index (χ3n) is 2.97. The lowest BCUT2D eigenvalue weighted by Gasteiger charge is -2.00. The number of hydrogen-bond acceptors (Lipinski definition) is 5. The Balaban J connectivity index is 1.90. The van der Waals surface area contributed by atoms with Crippen molar-refractivity contribution in [2.45, 2.75) is 20.4 Å². The number of aliphatic imine (C=N–C) groups is 1. The first-order valence-corrected chi connectivity index (χ1v) is 6.68. The van der Waals surface area contributed by atoms with E-state index in [0.717, 1.165) is 17.0 Å². The predicted octanol–water partition coefficient (Wildman–Crippen LogP) is 1.49. The lowest BCUT2D eigenvalue weighted by atomic mass is 10.2. The highest BCUT2D eigenvalue weighted by Gasteiger charge is 2.07. The fourth-order valence-electron chi connectivity index (χ4n) is 1.77. The number of amides is 1. The van der Waals surface area contributed by atoms with Gasteiger partial charge in [0, 0.05) is 30.7 Å². The molecule has 0 bridgehead atoms. The maximum atomic E-state index is 11.8. The van der Waals surface area contributed by atoms with Crippen LogP contribution in [-0.4, -0.2) is 21.9 Å². The number of nitrogens with two attached hydrogens (primary N) is 1. The molecule has 0 saturated carbocycles. The number of carbonyl (C=O) groups excluding carboxylic acids is 1. The van der Waals surface area contributed by atoms with Crippen LogP contribution in [0.15, 0.2) is 46.3 Å². The molecular weight excluding hydrogens is 282 g/mol. The predicted molar refractivity (Wildman–Crippen MR) is 82.1 cm³/mol. The first kappa shape index (κ1) is 15.4. The minimum Gasteiger partial charge on any atom is -0.386 e. The van der Waals surface area contributed by atoms with Crippen molar-refractivity contribution in [2.24, 2.45) is 10.7 Å². The first-order valence-electron chi connectivity index (χ1n) is 6.68. The monoisotopic (exact) mass is 299 g/mol. The largest absolute Gasteiger partial charge is 0.386 e. The summed E-state index contributed by atoms with van der Waals surface area (Å²) in [6, 6.07) is 3.30. The highest BCUT2D eigenvalue weighted by atomic mass is 16.5. The van der Waals surface area contributed by atoms with Crippen molar-refractivity contribution in [2.75, 3.05) is 0 Å². The number of aromatic nitrogens is 2. The van der Waals surface area contributed by atoms with Gasteiger partial charge in [0.2, 0.25) is 0 Å². The van der Waals surface area contributed by atoms with Gasteiger partial charge in [-0.25, -0.2) is 0 Å². The zero-order valence-corrected chi connectivity index (χ0v) is 12.4. The van der Waals surface area contributed by atoms with Crippen LogP contribution in [-0.2, 0) is 6.54 Å². The van der Waals surface area contributed by atoms with Crippen LogP contribution in [0.25, 0.3) is 0 Å². The molecule has 0 aromatic carbocycles. The van der Waals surface area contributed by atoms with E-state index in [1.165, 1.54) is 12.3 Å². The van der Waals surface area contributed by atoms with Crippen molar-refractivity contribution in [3.8, 4) is 0 Å². The summed E-state index contributed by atoms with van der Waals surface area (Å²) in [5, 5.41) is 6.91. The smallest absolute Gasteiger partial charge is 0.280 e. The molecule has 0 unspecified atom stereocenters.